The fraction of sp³-hybridized carbons (Fsp3) is 0.571. The molecular weight excluding hydrogens is 198 g/mol. The van der Waals surface area contributed by atoms with Gasteiger partial charge in [-0.1, -0.05) is 26.0 Å². The Hall–Kier alpha value is -1.02. The first kappa shape index (κ1) is 11.5. The average Bonchev–Trinajstić information content (AvgIpc) is 2.24. The van der Waals surface area contributed by atoms with E-state index in [1.165, 1.54) is 5.56 Å². The Morgan fingerprint density at radius 1 is 1.25 bits per heavy atom. The second kappa shape index (κ2) is 4.46. The summed E-state index contributed by atoms with van der Waals surface area (Å²) in [4.78, 5) is 0. The zero-order chi connectivity index (χ0) is 11.6. The van der Waals surface area contributed by atoms with Crippen molar-refractivity contribution in [3.63, 3.8) is 0 Å². The normalized spacial score (nSPS) is 18.2. The highest BCUT2D eigenvalue weighted by molar-refractivity contribution is 5.45. The smallest absolute Gasteiger partial charge is 0.0819 e. The number of nitrogens with one attached hydrogen (secondary N) is 1. The predicted molar refractivity (Wildman–Crippen MR) is 67.8 cm³/mol. The predicted octanol–water partition coefficient (Wildman–Crippen LogP) is 3.14. The number of rotatable bonds is 4. The molecule has 0 heterocycles. The Morgan fingerprint density at radius 3 is 2.31 bits per heavy atom. The highest BCUT2D eigenvalue weighted by Crippen LogP contribution is 2.31. The maximum absolute atomic E-state index is 9.95. The zero-order valence-corrected chi connectivity index (χ0v) is 10.2. The van der Waals surface area contributed by atoms with Crippen molar-refractivity contribution in [1.29, 1.82) is 0 Å². The van der Waals surface area contributed by atoms with E-state index in [4.69, 9.17) is 0 Å². The molecular formula is C14H21NO. The van der Waals surface area contributed by atoms with Crippen molar-refractivity contribution in [3.05, 3.63) is 29.8 Å². The standard InChI is InChI=1S/C14H21NO/c1-11(2)12-4-6-13(7-5-12)15-10-14(16)8-3-9-14/h4-7,11,15-16H,3,8-10H2,1-2H3. The first-order valence-corrected chi connectivity index (χ1v) is 6.15. The summed E-state index contributed by atoms with van der Waals surface area (Å²) in [6, 6.07) is 8.49. The molecule has 0 atom stereocenters. The molecule has 2 rings (SSSR count). The SMILES string of the molecule is CC(C)c1ccc(NCC2(O)CCC2)cc1. The van der Waals surface area contributed by atoms with Gasteiger partial charge in [0.1, 0.15) is 0 Å². The summed E-state index contributed by atoms with van der Waals surface area (Å²) < 4.78 is 0. The average molecular weight is 219 g/mol. The Bertz CT molecular complexity index is 338. The Kier molecular flexibility index (Phi) is 3.20. The third-order valence-electron chi connectivity index (χ3n) is 3.48. The topological polar surface area (TPSA) is 32.3 Å². The molecule has 0 unspecified atom stereocenters. The number of hydrogen-bond acceptors (Lipinski definition) is 2. The van der Waals surface area contributed by atoms with Crippen LogP contribution < -0.4 is 5.32 Å². The molecule has 0 amide bonds. The van der Waals surface area contributed by atoms with E-state index >= 15 is 0 Å². The summed E-state index contributed by atoms with van der Waals surface area (Å²) in [6.45, 7) is 5.06. The van der Waals surface area contributed by atoms with Crippen molar-refractivity contribution in [2.75, 3.05) is 11.9 Å². The number of benzene rings is 1. The number of aliphatic hydroxyl groups is 1. The van der Waals surface area contributed by atoms with Crippen LogP contribution in [0.5, 0.6) is 0 Å². The van der Waals surface area contributed by atoms with Crippen molar-refractivity contribution in [3.8, 4) is 0 Å². The lowest BCUT2D eigenvalue weighted by Crippen LogP contribution is -2.43. The molecule has 1 aromatic rings. The van der Waals surface area contributed by atoms with E-state index in [0.717, 1.165) is 24.9 Å². The van der Waals surface area contributed by atoms with Gasteiger partial charge in [-0.2, -0.15) is 0 Å². The van der Waals surface area contributed by atoms with Crippen LogP contribution in [-0.4, -0.2) is 17.3 Å². The molecule has 0 spiro atoms. The minimum Gasteiger partial charge on any atom is -0.388 e. The van der Waals surface area contributed by atoms with Crippen molar-refractivity contribution in [2.45, 2.75) is 44.6 Å². The lowest BCUT2D eigenvalue weighted by molar-refractivity contribution is -0.0201. The van der Waals surface area contributed by atoms with E-state index in [2.05, 4.69) is 43.4 Å². The first-order chi connectivity index (χ1) is 7.59. The third-order valence-corrected chi connectivity index (χ3v) is 3.48. The van der Waals surface area contributed by atoms with Crippen LogP contribution in [0.1, 0.15) is 44.6 Å². The van der Waals surface area contributed by atoms with Gasteiger partial charge in [-0.25, -0.2) is 0 Å². The minimum atomic E-state index is -0.448. The molecule has 0 aromatic heterocycles. The fourth-order valence-corrected chi connectivity index (χ4v) is 2.01. The van der Waals surface area contributed by atoms with Gasteiger partial charge in [0.05, 0.1) is 5.60 Å². The Labute approximate surface area is 97.7 Å². The highest BCUT2D eigenvalue weighted by atomic mass is 16.3. The van der Waals surface area contributed by atoms with E-state index in [-0.39, 0.29) is 0 Å². The molecule has 1 aliphatic rings. The molecule has 2 heteroatoms. The zero-order valence-electron chi connectivity index (χ0n) is 10.2. The quantitative estimate of drug-likeness (QED) is 0.815. The van der Waals surface area contributed by atoms with Gasteiger partial charge in [0.25, 0.3) is 0 Å². The lowest BCUT2D eigenvalue weighted by atomic mass is 9.80. The van der Waals surface area contributed by atoms with Gasteiger partial charge >= 0.3 is 0 Å². The van der Waals surface area contributed by atoms with E-state index < -0.39 is 5.60 Å². The first-order valence-electron chi connectivity index (χ1n) is 6.15. The van der Waals surface area contributed by atoms with Crippen molar-refractivity contribution in [2.24, 2.45) is 0 Å². The minimum absolute atomic E-state index is 0.448. The van der Waals surface area contributed by atoms with E-state index in [9.17, 15) is 5.11 Å². The lowest BCUT2D eigenvalue weighted by Gasteiger charge is -2.36. The number of anilines is 1. The molecule has 0 saturated heterocycles. The highest BCUT2D eigenvalue weighted by Gasteiger charge is 2.33. The van der Waals surface area contributed by atoms with Crippen LogP contribution in [-0.2, 0) is 0 Å². The maximum atomic E-state index is 9.95. The Morgan fingerprint density at radius 2 is 1.88 bits per heavy atom. The summed E-state index contributed by atoms with van der Waals surface area (Å²) in [5.41, 5.74) is 2.01. The molecule has 88 valence electrons. The molecule has 0 aliphatic heterocycles. The monoisotopic (exact) mass is 219 g/mol. The van der Waals surface area contributed by atoms with E-state index in [1.807, 2.05) is 0 Å². The summed E-state index contributed by atoms with van der Waals surface area (Å²) in [7, 11) is 0. The molecule has 1 aromatic carbocycles. The largest absolute Gasteiger partial charge is 0.388 e. The maximum Gasteiger partial charge on any atom is 0.0819 e. The van der Waals surface area contributed by atoms with Crippen LogP contribution in [0.2, 0.25) is 0 Å². The van der Waals surface area contributed by atoms with Crippen molar-refractivity contribution in [1.82, 2.24) is 0 Å². The van der Waals surface area contributed by atoms with Gasteiger partial charge in [-0.3, -0.25) is 0 Å². The van der Waals surface area contributed by atoms with Crippen molar-refractivity contribution < 1.29 is 5.11 Å². The van der Waals surface area contributed by atoms with Gasteiger partial charge in [0, 0.05) is 12.2 Å². The third kappa shape index (κ3) is 2.56. The van der Waals surface area contributed by atoms with Crippen molar-refractivity contribution >= 4 is 5.69 Å². The summed E-state index contributed by atoms with van der Waals surface area (Å²) in [5.74, 6) is 0.574. The van der Waals surface area contributed by atoms with Crippen LogP contribution in [0.25, 0.3) is 0 Å². The van der Waals surface area contributed by atoms with Crippen LogP contribution in [0.4, 0.5) is 5.69 Å². The second-order valence-corrected chi connectivity index (χ2v) is 5.21. The summed E-state index contributed by atoms with van der Waals surface area (Å²) >= 11 is 0. The fourth-order valence-electron chi connectivity index (χ4n) is 2.01. The van der Waals surface area contributed by atoms with Gasteiger partial charge < -0.3 is 10.4 Å². The number of hydrogen-bond donors (Lipinski definition) is 2. The molecule has 1 fully saturated rings. The summed E-state index contributed by atoms with van der Waals surface area (Å²) in [6.07, 6.45) is 3.03. The van der Waals surface area contributed by atoms with Gasteiger partial charge in [0.2, 0.25) is 0 Å². The van der Waals surface area contributed by atoms with Gasteiger partial charge in [-0.05, 0) is 42.9 Å². The van der Waals surface area contributed by atoms with Crippen LogP contribution >= 0.6 is 0 Å². The van der Waals surface area contributed by atoms with E-state index in [1.54, 1.807) is 0 Å². The van der Waals surface area contributed by atoms with Gasteiger partial charge in [0.15, 0.2) is 0 Å². The van der Waals surface area contributed by atoms with Gasteiger partial charge in [-0.15, -0.1) is 0 Å². The molecule has 0 radical (unpaired) electrons. The Balaban J connectivity index is 1.90. The molecule has 1 aliphatic carbocycles. The van der Waals surface area contributed by atoms with Crippen LogP contribution in [0, 0.1) is 0 Å². The van der Waals surface area contributed by atoms with Crippen LogP contribution in [0.15, 0.2) is 24.3 Å². The molecule has 16 heavy (non-hydrogen) atoms. The second-order valence-electron chi connectivity index (χ2n) is 5.21. The molecule has 0 bridgehead atoms. The molecule has 2 N–H and O–H groups in total. The molecule has 2 nitrogen and oxygen atoms in total. The van der Waals surface area contributed by atoms with Crippen LogP contribution in [0.3, 0.4) is 0 Å². The van der Waals surface area contributed by atoms with E-state index in [0.29, 0.717) is 12.5 Å². The molecule has 1 saturated carbocycles. The summed E-state index contributed by atoms with van der Waals surface area (Å²) in [5, 5.41) is 13.3.